The van der Waals surface area contributed by atoms with E-state index in [1.165, 1.54) is 12.1 Å². The van der Waals surface area contributed by atoms with Gasteiger partial charge in [-0.3, -0.25) is 4.68 Å². The summed E-state index contributed by atoms with van der Waals surface area (Å²) in [4.78, 5) is 9.29. The van der Waals surface area contributed by atoms with E-state index in [1.807, 2.05) is 19.4 Å². The summed E-state index contributed by atoms with van der Waals surface area (Å²) in [6, 6.07) is 2.85. The lowest BCUT2D eigenvalue weighted by molar-refractivity contribution is 0.628. The Hall–Kier alpha value is -2.08. The predicted octanol–water partition coefficient (Wildman–Crippen LogP) is 3.75. The topological polar surface area (TPSA) is 43.6 Å². The standard InChI is InChI=1S/C16H12BrFN4/c1-22-8-9(7-19-22)4-10-2-3-13-15(10)21-14-6-11(18)5-12(17)16(14)20-13/h4-8H,2-3H2,1H3. The number of nitrogens with zero attached hydrogens (tertiary/aromatic N) is 4. The van der Waals surface area contributed by atoms with Crippen LogP contribution in [0, 0.1) is 5.82 Å². The van der Waals surface area contributed by atoms with Crippen molar-refractivity contribution in [1.29, 1.82) is 0 Å². The minimum Gasteiger partial charge on any atom is -0.275 e. The molecule has 0 saturated carbocycles. The highest BCUT2D eigenvalue weighted by Crippen LogP contribution is 2.34. The maximum atomic E-state index is 13.6. The summed E-state index contributed by atoms with van der Waals surface area (Å²) in [6.07, 6.45) is 7.59. The summed E-state index contributed by atoms with van der Waals surface area (Å²) in [6.45, 7) is 0. The van der Waals surface area contributed by atoms with Crippen molar-refractivity contribution in [2.45, 2.75) is 12.8 Å². The van der Waals surface area contributed by atoms with Crippen molar-refractivity contribution in [2.24, 2.45) is 7.05 Å². The molecule has 0 unspecified atom stereocenters. The zero-order valence-electron chi connectivity index (χ0n) is 11.8. The number of halogens is 2. The fourth-order valence-corrected chi connectivity index (χ4v) is 3.29. The lowest BCUT2D eigenvalue weighted by atomic mass is 10.1. The molecule has 2 heterocycles. The quantitative estimate of drug-likeness (QED) is 0.665. The molecule has 0 aliphatic heterocycles. The molecule has 0 amide bonds. The van der Waals surface area contributed by atoms with Gasteiger partial charge < -0.3 is 0 Å². The predicted molar refractivity (Wildman–Crippen MR) is 86.6 cm³/mol. The molecule has 1 aliphatic carbocycles. The highest BCUT2D eigenvalue weighted by atomic mass is 79.9. The first-order valence-corrected chi connectivity index (χ1v) is 7.75. The molecule has 0 N–H and O–H groups in total. The molecule has 2 aromatic heterocycles. The minimum atomic E-state index is -0.315. The van der Waals surface area contributed by atoms with Crippen LogP contribution in [0.2, 0.25) is 0 Å². The first-order chi connectivity index (χ1) is 10.6. The smallest absolute Gasteiger partial charge is 0.126 e. The second-order valence-corrected chi connectivity index (χ2v) is 6.25. The van der Waals surface area contributed by atoms with Crippen molar-refractivity contribution >= 4 is 38.6 Å². The van der Waals surface area contributed by atoms with E-state index < -0.39 is 0 Å². The number of rotatable bonds is 1. The molecule has 6 heteroatoms. The number of hydrogen-bond acceptors (Lipinski definition) is 3. The summed E-state index contributed by atoms with van der Waals surface area (Å²) in [5, 5.41) is 4.17. The van der Waals surface area contributed by atoms with Crippen LogP contribution in [0.1, 0.15) is 23.4 Å². The van der Waals surface area contributed by atoms with Crippen LogP contribution in [0.5, 0.6) is 0 Å². The molecule has 3 aromatic rings. The van der Waals surface area contributed by atoms with Crippen molar-refractivity contribution in [3.63, 3.8) is 0 Å². The molecule has 0 atom stereocenters. The lowest BCUT2D eigenvalue weighted by Gasteiger charge is -2.05. The molecule has 4 rings (SSSR count). The van der Waals surface area contributed by atoms with Gasteiger partial charge in [-0.25, -0.2) is 14.4 Å². The molecule has 22 heavy (non-hydrogen) atoms. The number of hydrogen-bond donors (Lipinski definition) is 0. The number of aromatic nitrogens is 4. The summed E-state index contributed by atoms with van der Waals surface area (Å²) >= 11 is 3.36. The van der Waals surface area contributed by atoms with Crippen LogP contribution < -0.4 is 0 Å². The normalized spacial score (nSPS) is 15.7. The van der Waals surface area contributed by atoms with Crippen molar-refractivity contribution in [3.05, 3.63) is 51.8 Å². The molecule has 0 fully saturated rings. The van der Waals surface area contributed by atoms with Gasteiger partial charge in [0.15, 0.2) is 0 Å². The van der Waals surface area contributed by atoms with Crippen LogP contribution in [-0.4, -0.2) is 19.7 Å². The maximum Gasteiger partial charge on any atom is 0.126 e. The van der Waals surface area contributed by atoms with E-state index in [9.17, 15) is 4.39 Å². The zero-order valence-corrected chi connectivity index (χ0v) is 13.4. The molecule has 0 saturated heterocycles. The molecule has 0 bridgehead atoms. The van der Waals surface area contributed by atoms with Crippen LogP contribution in [0.25, 0.3) is 22.7 Å². The monoisotopic (exact) mass is 358 g/mol. The summed E-state index contributed by atoms with van der Waals surface area (Å²) in [5.74, 6) is -0.315. The van der Waals surface area contributed by atoms with Crippen LogP contribution >= 0.6 is 15.9 Å². The third kappa shape index (κ3) is 2.23. The fraction of sp³-hybridized carbons (Fsp3) is 0.188. The molecule has 1 aromatic carbocycles. The Kier molecular flexibility index (Phi) is 3.07. The van der Waals surface area contributed by atoms with E-state index in [2.05, 4.69) is 37.1 Å². The maximum absolute atomic E-state index is 13.6. The van der Waals surface area contributed by atoms with E-state index in [-0.39, 0.29) is 5.82 Å². The van der Waals surface area contributed by atoms with Gasteiger partial charge in [0.05, 0.1) is 23.1 Å². The van der Waals surface area contributed by atoms with E-state index >= 15 is 0 Å². The fourth-order valence-electron chi connectivity index (χ4n) is 2.78. The van der Waals surface area contributed by atoms with Gasteiger partial charge in [-0.05, 0) is 46.5 Å². The Balaban J connectivity index is 1.87. The van der Waals surface area contributed by atoms with Gasteiger partial charge in [0.25, 0.3) is 0 Å². The molecule has 0 spiro atoms. The molecule has 4 nitrogen and oxygen atoms in total. The average molecular weight is 359 g/mol. The Bertz CT molecular complexity index is 929. The van der Waals surface area contributed by atoms with E-state index in [4.69, 9.17) is 0 Å². The Morgan fingerprint density at radius 1 is 1.27 bits per heavy atom. The molecule has 1 aliphatic rings. The van der Waals surface area contributed by atoms with Crippen LogP contribution in [0.4, 0.5) is 4.39 Å². The van der Waals surface area contributed by atoms with Crippen molar-refractivity contribution in [1.82, 2.24) is 19.7 Å². The van der Waals surface area contributed by atoms with E-state index in [0.717, 1.165) is 35.4 Å². The zero-order chi connectivity index (χ0) is 15.3. The van der Waals surface area contributed by atoms with Gasteiger partial charge in [0, 0.05) is 29.3 Å². The van der Waals surface area contributed by atoms with Gasteiger partial charge in [-0.1, -0.05) is 0 Å². The summed E-state index contributed by atoms with van der Waals surface area (Å²) in [7, 11) is 1.89. The highest BCUT2D eigenvalue weighted by Gasteiger charge is 2.21. The van der Waals surface area contributed by atoms with Crippen LogP contribution in [-0.2, 0) is 13.5 Å². The first-order valence-electron chi connectivity index (χ1n) is 6.95. The molecule has 0 radical (unpaired) electrons. The van der Waals surface area contributed by atoms with E-state index in [0.29, 0.717) is 15.5 Å². The summed E-state index contributed by atoms with van der Waals surface area (Å²) < 4.78 is 16.0. The van der Waals surface area contributed by atoms with Crippen molar-refractivity contribution in [3.8, 4) is 0 Å². The number of aryl methyl sites for hydroxylation is 2. The van der Waals surface area contributed by atoms with Crippen LogP contribution in [0.15, 0.2) is 29.0 Å². The second kappa shape index (κ2) is 4.98. The largest absolute Gasteiger partial charge is 0.275 e. The van der Waals surface area contributed by atoms with Gasteiger partial charge >= 0.3 is 0 Å². The molecular formula is C16H12BrFN4. The Morgan fingerprint density at radius 2 is 2.14 bits per heavy atom. The molecule has 110 valence electrons. The Morgan fingerprint density at radius 3 is 2.91 bits per heavy atom. The van der Waals surface area contributed by atoms with Gasteiger partial charge in [-0.2, -0.15) is 5.10 Å². The van der Waals surface area contributed by atoms with Gasteiger partial charge in [0.2, 0.25) is 0 Å². The average Bonchev–Trinajstić information content (AvgIpc) is 3.04. The Labute approximate surface area is 134 Å². The SMILES string of the molecule is Cn1cc(C=C2CCc3nc4c(Br)cc(F)cc4nc32)cn1. The van der Waals surface area contributed by atoms with Gasteiger partial charge in [0.1, 0.15) is 11.3 Å². The number of benzene rings is 1. The lowest BCUT2D eigenvalue weighted by Crippen LogP contribution is -1.95. The summed E-state index contributed by atoms with van der Waals surface area (Å²) in [5.41, 5.74) is 5.28. The van der Waals surface area contributed by atoms with Crippen LogP contribution in [0.3, 0.4) is 0 Å². The molecular weight excluding hydrogens is 347 g/mol. The van der Waals surface area contributed by atoms with Crippen molar-refractivity contribution < 1.29 is 4.39 Å². The number of allylic oxidation sites excluding steroid dienone is 1. The minimum absolute atomic E-state index is 0.315. The third-order valence-corrected chi connectivity index (χ3v) is 4.37. The number of fused-ring (bicyclic) bond motifs is 2. The first kappa shape index (κ1) is 13.6. The highest BCUT2D eigenvalue weighted by molar-refractivity contribution is 9.10. The van der Waals surface area contributed by atoms with Gasteiger partial charge in [-0.15, -0.1) is 0 Å². The van der Waals surface area contributed by atoms with E-state index in [1.54, 1.807) is 4.68 Å². The third-order valence-electron chi connectivity index (χ3n) is 3.76. The second-order valence-electron chi connectivity index (χ2n) is 5.39. The van der Waals surface area contributed by atoms with Crippen molar-refractivity contribution in [2.75, 3.05) is 0 Å².